The lowest BCUT2D eigenvalue weighted by Gasteiger charge is -2.34. The van der Waals surface area contributed by atoms with Gasteiger partial charge in [0.15, 0.2) is 0 Å². The number of hydrogen-bond acceptors (Lipinski definition) is 6. The number of nitrogens with zero attached hydrogens (tertiary/aromatic N) is 1. The molecule has 1 aliphatic heterocycles. The van der Waals surface area contributed by atoms with Gasteiger partial charge in [0, 0.05) is 13.1 Å². The van der Waals surface area contributed by atoms with Crippen LogP contribution in [0.15, 0.2) is 24.3 Å². The molecule has 0 bridgehead atoms. The van der Waals surface area contributed by atoms with Crippen LogP contribution in [-0.4, -0.2) is 61.1 Å². The van der Waals surface area contributed by atoms with Gasteiger partial charge in [-0.15, -0.1) is 0 Å². The van der Waals surface area contributed by atoms with Crippen LogP contribution in [0, 0.1) is 5.92 Å². The standard InChI is InChI=1S/C21H31N3O5/c1-14(2)13-28-20(26)11-17-21(27)22-9-10-24(17)19(25)12-23-16-7-5-6-8-18(16)29-15(3)4/h5-8,14-15,17,23H,9-13H2,1-4H3,(H,22,27). The molecule has 0 saturated carbocycles. The largest absolute Gasteiger partial charge is 0.489 e. The maximum Gasteiger partial charge on any atom is 0.308 e. The molecular formula is C21H31N3O5. The minimum atomic E-state index is -0.861. The third-order valence-corrected chi connectivity index (χ3v) is 4.27. The number of hydrogen-bond donors (Lipinski definition) is 2. The highest BCUT2D eigenvalue weighted by Crippen LogP contribution is 2.24. The van der Waals surface area contributed by atoms with Crippen LogP contribution in [-0.2, 0) is 19.1 Å². The maximum atomic E-state index is 12.8. The molecule has 8 nitrogen and oxygen atoms in total. The van der Waals surface area contributed by atoms with E-state index >= 15 is 0 Å². The van der Waals surface area contributed by atoms with E-state index in [0.717, 1.165) is 0 Å². The van der Waals surface area contributed by atoms with E-state index in [1.807, 2.05) is 52.0 Å². The smallest absolute Gasteiger partial charge is 0.308 e. The molecule has 2 amide bonds. The predicted octanol–water partition coefficient (Wildman–Crippen LogP) is 1.80. The molecule has 1 heterocycles. The van der Waals surface area contributed by atoms with Crippen LogP contribution in [0.2, 0.25) is 0 Å². The Morgan fingerprint density at radius 3 is 2.66 bits per heavy atom. The topological polar surface area (TPSA) is 97.0 Å². The van der Waals surface area contributed by atoms with E-state index in [1.165, 1.54) is 4.90 Å². The van der Waals surface area contributed by atoms with Crippen molar-refractivity contribution < 1.29 is 23.9 Å². The summed E-state index contributed by atoms with van der Waals surface area (Å²) < 4.78 is 10.9. The second kappa shape index (κ2) is 10.7. The monoisotopic (exact) mass is 405 g/mol. The van der Waals surface area contributed by atoms with Gasteiger partial charge >= 0.3 is 5.97 Å². The number of nitrogens with one attached hydrogen (secondary N) is 2. The van der Waals surface area contributed by atoms with Gasteiger partial charge in [-0.25, -0.2) is 0 Å². The first kappa shape index (κ1) is 22.5. The van der Waals surface area contributed by atoms with Gasteiger partial charge in [-0.05, 0) is 31.9 Å². The van der Waals surface area contributed by atoms with E-state index in [1.54, 1.807) is 0 Å². The predicted molar refractivity (Wildman–Crippen MR) is 110 cm³/mol. The van der Waals surface area contributed by atoms with E-state index in [9.17, 15) is 14.4 Å². The first-order valence-corrected chi connectivity index (χ1v) is 10.00. The molecule has 0 spiro atoms. The summed E-state index contributed by atoms with van der Waals surface area (Å²) in [4.78, 5) is 38.6. The molecule has 1 unspecified atom stereocenters. The summed E-state index contributed by atoms with van der Waals surface area (Å²) in [6.45, 7) is 8.70. The van der Waals surface area contributed by atoms with Gasteiger partial charge in [-0.3, -0.25) is 14.4 Å². The minimum Gasteiger partial charge on any atom is -0.489 e. The summed E-state index contributed by atoms with van der Waals surface area (Å²) in [5.41, 5.74) is 0.698. The molecule has 1 aromatic carbocycles. The van der Waals surface area contributed by atoms with Crippen molar-refractivity contribution in [3.8, 4) is 5.75 Å². The number of carbonyl (C=O) groups is 3. The zero-order chi connectivity index (χ0) is 21.4. The molecule has 160 valence electrons. The minimum absolute atomic E-state index is 0.000624. The summed E-state index contributed by atoms with van der Waals surface area (Å²) in [6, 6.07) is 6.50. The molecule has 0 aromatic heterocycles. The van der Waals surface area contributed by atoms with Crippen molar-refractivity contribution in [1.29, 1.82) is 0 Å². The highest BCUT2D eigenvalue weighted by atomic mass is 16.5. The van der Waals surface area contributed by atoms with Gasteiger partial charge in [-0.1, -0.05) is 26.0 Å². The molecule has 8 heteroatoms. The van der Waals surface area contributed by atoms with Crippen molar-refractivity contribution in [3.05, 3.63) is 24.3 Å². The maximum absolute atomic E-state index is 12.8. The Hall–Kier alpha value is -2.77. The van der Waals surface area contributed by atoms with Gasteiger partial charge < -0.3 is 25.0 Å². The van der Waals surface area contributed by atoms with E-state index in [0.29, 0.717) is 24.5 Å². The Bertz CT molecular complexity index is 720. The van der Waals surface area contributed by atoms with Crippen LogP contribution < -0.4 is 15.4 Å². The summed E-state index contributed by atoms with van der Waals surface area (Å²) in [7, 11) is 0. The quantitative estimate of drug-likeness (QED) is 0.608. The number of ether oxygens (including phenoxy) is 2. The fraction of sp³-hybridized carbons (Fsp3) is 0.571. The van der Waals surface area contributed by atoms with E-state index < -0.39 is 12.0 Å². The second-order valence-corrected chi connectivity index (χ2v) is 7.69. The Kier molecular flexibility index (Phi) is 8.30. The van der Waals surface area contributed by atoms with Crippen LogP contribution >= 0.6 is 0 Å². The summed E-state index contributed by atoms with van der Waals surface area (Å²) >= 11 is 0. The fourth-order valence-corrected chi connectivity index (χ4v) is 2.93. The van der Waals surface area contributed by atoms with Gasteiger partial charge in [-0.2, -0.15) is 0 Å². The van der Waals surface area contributed by atoms with Crippen LogP contribution in [0.3, 0.4) is 0 Å². The molecular weight excluding hydrogens is 374 g/mol. The molecule has 1 saturated heterocycles. The van der Waals surface area contributed by atoms with E-state index in [2.05, 4.69) is 10.6 Å². The van der Waals surface area contributed by atoms with Gasteiger partial charge in [0.25, 0.3) is 0 Å². The lowest BCUT2D eigenvalue weighted by Crippen LogP contribution is -2.58. The Morgan fingerprint density at radius 1 is 1.24 bits per heavy atom. The van der Waals surface area contributed by atoms with E-state index in [4.69, 9.17) is 9.47 Å². The third kappa shape index (κ3) is 6.96. The van der Waals surface area contributed by atoms with Crippen LogP contribution in [0.25, 0.3) is 0 Å². The summed E-state index contributed by atoms with van der Waals surface area (Å²) in [5, 5.41) is 5.79. The van der Waals surface area contributed by atoms with Crippen LogP contribution in [0.1, 0.15) is 34.1 Å². The highest BCUT2D eigenvalue weighted by Gasteiger charge is 2.35. The fourth-order valence-electron chi connectivity index (χ4n) is 2.93. The Morgan fingerprint density at radius 2 is 1.97 bits per heavy atom. The van der Waals surface area contributed by atoms with Crippen molar-refractivity contribution in [1.82, 2.24) is 10.2 Å². The molecule has 1 atom stereocenters. The van der Waals surface area contributed by atoms with Crippen LogP contribution in [0.5, 0.6) is 5.75 Å². The number of esters is 1. The molecule has 29 heavy (non-hydrogen) atoms. The van der Waals surface area contributed by atoms with Crippen molar-refractivity contribution in [2.75, 3.05) is 31.6 Å². The molecule has 1 fully saturated rings. The van der Waals surface area contributed by atoms with Crippen molar-refractivity contribution >= 4 is 23.5 Å². The van der Waals surface area contributed by atoms with Gasteiger partial charge in [0.2, 0.25) is 11.8 Å². The average Bonchev–Trinajstić information content (AvgIpc) is 2.66. The van der Waals surface area contributed by atoms with Crippen molar-refractivity contribution in [2.24, 2.45) is 5.92 Å². The first-order chi connectivity index (χ1) is 13.8. The normalized spacial score (nSPS) is 16.6. The second-order valence-electron chi connectivity index (χ2n) is 7.69. The summed E-state index contributed by atoms with van der Waals surface area (Å²) in [5.74, 6) is -0.229. The SMILES string of the molecule is CC(C)COC(=O)CC1C(=O)NCCN1C(=O)CNc1ccccc1OC(C)C. The number of carbonyl (C=O) groups excluding carboxylic acids is 3. The summed E-state index contributed by atoms with van der Waals surface area (Å²) in [6.07, 6.45) is -0.155. The lowest BCUT2D eigenvalue weighted by atomic mass is 10.1. The number of para-hydroxylation sites is 2. The number of rotatable bonds is 9. The average molecular weight is 405 g/mol. The molecule has 1 aromatic rings. The van der Waals surface area contributed by atoms with E-state index in [-0.39, 0.29) is 43.4 Å². The molecule has 2 N–H and O–H groups in total. The number of piperazine rings is 1. The molecule has 0 radical (unpaired) electrons. The zero-order valence-corrected chi connectivity index (χ0v) is 17.6. The zero-order valence-electron chi connectivity index (χ0n) is 17.6. The van der Waals surface area contributed by atoms with Crippen molar-refractivity contribution in [2.45, 2.75) is 46.3 Å². The van der Waals surface area contributed by atoms with Crippen LogP contribution in [0.4, 0.5) is 5.69 Å². The number of anilines is 1. The third-order valence-electron chi connectivity index (χ3n) is 4.27. The Balaban J connectivity index is 2.00. The first-order valence-electron chi connectivity index (χ1n) is 10.00. The number of amides is 2. The number of benzene rings is 1. The molecule has 2 rings (SSSR count). The Labute approximate surface area is 171 Å². The van der Waals surface area contributed by atoms with Gasteiger partial charge in [0.1, 0.15) is 11.8 Å². The highest BCUT2D eigenvalue weighted by molar-refractivity contribution is 5.93. The van der Waals surface area contributed by atoms with Crippen molar-refractivity contribution in [3.63, 3.8) is 0 Å². The molecule has 1 aliphatic rings. The lowest BCUT2D eigenvalue weighted by molar-refractivity contribution is -0.152. The molecule has 0 aliphatic carbocycles. The van der Waals surface area contributed by atoms with Gasteiger partial charge in [0.05, 0.1) is 31.4 Å².